The summed E-state index contributed by atoms with van der Waals surface area (Å²) in [4.78, 5) is 22.7. The van der Waals surface area contributed by atoms with Crippen LogP contribution in [0.5, 0.6) is 0 Å². The third kappa shape index (κ3) is 5.19. The molecule has 0 aliphatic heterocycles. The molecule has 13 heavy (non-hydrogen) atoms. The van der Waals surface area contributed by atoms with Crippen LogP contribution >= 0.6 is 0 Å². The van der Waals surface area contributed by atoms with Gasteiger partial charge in [-0.3, -0.25) is 10.5 Å². The van der Waals surface area contributed by atoms with E-state index in [2.05, 4.69) is 9.64 Å². The lowest BCUT2D eigenvalue weighted by molar-refractivity contribution is -0.154. The Morgan fingerprint density at radius 3 is 2.23 bits per heavy atom. The van der Waals surface area contributed by atoms with Crippen molar-refractivity contribution >= 4 is 11.9 Å². The van der Waals surface area contributed by atoms with Gasteiger partial charge in [0.25, 0.3) is 0 Å². The Bertz CT molecular complexity index is 178. The van der Waals surface area contributed by atoms with E-state index in [0.29, 0.717) is 6.54 Å². The average molecular weight is 187 g/mol. The topological polar surface area (TPSA) is 70.4 Å². The van der Waals surface area contributed by atoms with Crippen molar-refractivity contribution in [1.29, 1.82) is 0 Å². The number of hydrogen-bond acceptors (Lipinski definition) is 4. The molecule has 0 aliphatic rings. The number of ether oxygens (including phenoxy) is 1. The molecule has 0 saturated heterocycles. The van der Waals surface area contributed by atoms with Gasteiger partial charge in [-0.1, -0.05) is 13.8 Å². The highest BCUT2D eigenvalue weighted by Gasteiger charge is 2.10. The van der Waals surface area contributed by atoms with Crippen LogP contribution in [0.2, 0.25) is 0 Å². The second-order valence-corrected chi connectivity index (χ2v) is 2.49. The lowest BCUT2D eigenvalue weighted by atomic mass is 10.5. The first kappa shape index (κ1) is 11.9. The molecule has 1 N–H and O–H groups in total. The fraction of sp³-hybridized carbons (Fsp3) is 0.750. The van der Waals surface area contributed by atoms with Crippen LogP contribution in [0.4, 0.5) is 0 Å². The summed E-state index contributed by atoms with van der Waals surface area (Å²) >= 11 is 0. The van der Waals surface area contributed by atoms with Crippen molar-refractivity contribution in [3.05, 3.63) is 0 Å². The van der Waals surface area contributed by atoms with Gasteiger partial charge in [0, 0.05) is 6.54 Å². The van der Waals surface area contributed by atoms with Gasteiger partial charge in [-0.2, -0.15) is 0 Å². The average Bonchev–Trinajstić information content (AvgIpc) is 2.12. The van der Waals surface area contributed by atoms with E-state index in [0.717, 1.165) is 13.1 Å². The number of hydrogen-bond donors (Lipinski definition) is 0. The predicted molar refractivity (Wildman–Crippen MR) is 46.9 cm³/mol. The van der Waals surface area contributed by atoms with Gasteiger partial charge in [-0.15, -0.1) is 0 Å². The summed E-state index contributed by atoms with van der Waals surface area (Å²) in [6.45, 7) is 6.53. The van der Waals surface area contributed by atoms with Crippen molar-refractivity contribution in [2.75, 3.05) is 26.2 Å². The molecule has 0 spiro atoms. The molecule has 0 heterocycles. The second kappa shape index (κ2) is 6.42. The smallest absolute Gasteiger partial charge is 0.398 e. The predicted octanol–water partition coefficient (Wildman–Crippen LogP) is -0.319. The van der Waals surface area contributed by atoms with Crippen LogP contribution in [0.15, 0.2) is 0 Å². The SMILES string of the molecule is CCN(CC)CCOC(=O)C([NH])=O. The second-order valence-electron chi connectivity index (χ2n) is 2.49. The minimum Gasteiger partial charge on any atom is -0.457 e. The lowest BCUT2D eigenvalue weighted by Crippen LogP contribution is -2.29. The van der Waals surface area contributed by atoms with Gasteiger partial charge in [0.2, 0.25) is 0 Å². The Morgan fingerprint density at radius 1 is 1.31 bits per heavy atom. The van der Waals surface area contributed by atoms with E-state index in [4.69, 9.17) is 5.73 Å². The number of carbonyl (C=O) groups is 2. The van der Waals surface area contributed by atoms with Crippen molar-refractivity contribution in [1.82, 2.24) is 10.6 Å². The molecule has 1 radical (unpaired) electrons. The molecule has 5 heteroatoms. The van der Waals surface area contributed by atoms with Crippen molar-refractivity contribution in [2.45, 2.75) is 13.8 Å². The van der Waals surface area contributed by atoms with Crippen LogP contribution in [0, 0.1) is 0 Å². The van der Waals surface area contributed by atoms with Crippen LogP contribution < -0.4 is 5.73 Å². The summed E-state index contributed by atoms with van der Waals surface area (Å²) in [5.41, 5.74) is 6.43. The molecule has 0 fully saturated rings. The molecule has 0 unspecified atom stereocenters. The van der Waals surface area contributed by atoms with Crippen LogP contribution in [-0.4, -0.2) is 43.0 Å². The molecule has 75 valence electrons. The van der Waals surface area contributed by atoms with E-state index in [1.54, 1.807) is 0 Å². The lowest BCUT2D eigenvalue weighted by Gasteiger charge is -2.16. The first-order chi connectivity index (χ1) is 6.11. The number of likely N-dealkylation sites (N-methyl/N-ethyl adjacent to an activating group) is 1. The maximum Gasteiger partial charge on any atom is 0.398 e. The number of esters is 1. The zero-order valence-electron chi connectivity index (χ0n) is 8.00. The summed E-state index contributed by atoms with van der Waals surface area (Å²) in [5.74, 6) is -2.37. The Hall–Kier alpha value is -1.10. The monoisotopic (exact) mass is 187 g/mol. The standard InChI is InChI=1S/C8H15N2O3/c1-3-10(4-2)5-6-13-8(12)7(9)11/h9H,3-6H2,1-2H3. The third-order valence-corrected chi connectivity index (χ3v) is 1.72. The summed E-state index contributed by atoms with van der Waals surface area (Å²) in [6, 6.07) is 0. The molecule has 0 aromatic heterocycles. The van der Waals surface area contributed by atoms with Gasteiger partial charge in [0.15, 0.2) is 0 Å². The number of nitrogens with zero attached hydrogens (tertiary/aromatic N) is 1. The maximum absolute atomic E-state index is 10.5. The van der Waals surface area contributed by atoms with E-state index >= 15 is 0 Å². The highest BCUT2D eigenvalue weighted by atomic mass is 16.5. The summed E-state index contributed by atoms with van der Waals surface area (Å²) in [7, 11) is 0. The first-order valence-electron chi connectivity index (χ1n) is 4.26. The molecule has 0 aromatic rings. The fourth-order valence-corrected chi connectivity index (χ4v) is 0.873. The molecule has 5 nitrogen and oxygen atoms in total. The van der Waals surface area contributed by atoms with Gasteiger partial charge >= 0.3 is 11.9 Å². The van der Waals surface area contributed by atoms with Crippen LogP contribution in [0.3, 0.4) is 0 Å². The summed E-state index contributed by atoms with van der Waals surface area (Å²) < 4.78 is 4.52. The number of carbonyl (C=O) groups excluding carboxylic acids is 2. The Balaban J connectivity index is 3.54. The van der Waals surface area contributed by atoms with E-state index in [-0.39, 0.29) is 6.61 Å². The molecule has 0 aliphatic carbocycles. The van der Waals surface area contributed by atoms with Crippen molar-refractivity contribution in [2.24, 2.45) is 0 Å². The fourth-order valence-electron chi connectivity index (χ4n) is 0.873. The molecular weight excluding hydrogens is 172 g/mol. The molecule has 0 atom stereocenters. The van der Waals surface area contributed by atoms with E-state index in [1.807, 2.05) is 13.8 Å². The Labute approximate surface area is 77.8 Å². The minimum absolute atomic E-state index is 0.172. The van der Waals surface area contributed by atoms with Crippen LogP contribution in [0.1, 0.15) is 13.8 Å². The Kier molecular flexibility index (Phi) is 5.88. The molecule has 0 saturated carbocycles. The molecular formula is C8H15N2O3. The van der Waals surface area contributed by atoms with Crippen LogP contribution in [0.25, 0.3) is 0 Å². The number of nitrogens with one attached hydrogen (secondary N) is 1. The van der Waals surface area contributed by atoms with Crippen LogP contribution in [-0.2, 0) is 14.3 Å². The van der Waals surface area contributed by atoms with Gasteiger partial charge < -0.3 is 9.64 Å². The summed E-state index contributed by atoms with van der Waals surface area (Å²) in [5, 5.41) is 0. The van der Waals surface area contributed by atoms with E-state index in [9.17, 15) is 9.59 Å². The molecule has 0 aromatic carbocycles. The van der Waals surface area contributed by atoms with E-state index < -0.39 is 11.9 Å². The van der Waals surface area contributed by atoms with E-state index in [1.165, 1.54) is 0 Å². The Morgan fingerprint density at radius 2 is 1.85 bits per heavy atom. The largest absolute Gasteiger partial charge is 0.457 e. The van der Waals surface area contributed by atoms with Gasteiger partial charge in [0.1, 0.15) is 6.61 Å². The number of amides is 1. The highest BCUT2D eigenvalue weighted by molar-refractivity contribution is 6.31. The zero-order valence-corrected chi connectivity index (χ0v) is 8.00. The molecule has 0 bridgehead atoms. The van der Waals surface area contributed by atoms with Crippen molar-refractivity contribution in [3.63, 3.8) is 0 Å². The molecule has 1 amide bonds. The maximum atomic E-state index is 10.5. The normalized spacial score (nSPS) is 10.1. The van der Waals surface area contributed by atoms with Gasteiger partial charge in [0.05, 0.1) is 0 Å². The van der Waals surface area contributed by atoms with Gasteiger partial charge in [-0.25, -0.2) is 4.79 Å². The summed E-state index contributed by atoms with van der Waals surface area (Å²) in [6.07, 6.45) is 0. The minimum atomic E-state index is -1.29. The molecule has 0 rings (SSSR count). The number of rotatable bonds is 5. The zero-order chi connectivity index (χ0) is 10.3. The van der Waals surface area contributed by atoms with Gasteiger partial charge in [-0.05, 0) is 13.1 Å². The third-order valence-electron chi connectivity index (χ3n) is 1.72. The highest BCUT2D eigenvalue weighted by Crippen LogP contribution is 1.87. The first-order valence-corrected chi connectivity index (χ1v) is 4.26. The quantitative estimate of drug-likeness (QED) is 0.437. The van der Waals surface area contributed by atoms with Crippen molar-refractivity contribution in [3.8, 4) is 0 Å². The van der Waals surface area contributed by atoms with Crippen molar-refractivity contribution < 1.29 is 14.3 Å².